The van der Waals surface area contributed by atoms with Gasteiger partial charge in [0.1, 0.15) is 0 Å². The summed E-state index contributed by atoms with van der Waals surface area (Å²) in [5.41, 5.74) is 2.22. The van der Waals surface area contributed by atoms with E-state index in [-0.39, 0.29) is 0 Å². The highest BCUT2D eigenvalue weighted by molar-refractivity contribution is 7.09. The molecule has 0 aliphatic rings. The number of likely N-dealkylation sites (N-methyl/N-ethyl adjacent to an activating group) is 1. The molecule has 0 atom stereocenters. The van der Waals surface area contributed by atoms with Crippen LogP contribution in [0.4, 0.5) is 0 Å². The Bertz CT molecular complexity index is 821. The van der Waals surface area contributed by atoms with Gasteiger partial charge in [0, 0.05) is 36.6 Å². The van der Waals surface area contributed by atoms with Crippen LogP contribution in [0.25, 0.3) is 10.9 Å². The first-order chi connectivity index (χ1) is 12.3. The number of hydrogen-bond acceptors (Lipinski definition) is 3. The smallest absolute Gasteiger partial charge is 0.193 e. The standard InChI is InChI=1S/C20H24N4S/c1-3-21-20(24(2)13-11-17-7-6-14-25-17)23-15-16-10-12-22-19-9-5-4-8-18(16)19/h4-10,12,14H,3,11,13,15H2,1-2H3,(H,21,23). The van der Waals surface area contributed by atoms with Crippen molar-refractivity contribution in [3.05, 3.63) is 64.5 Å². The maximum absolute atomic E-state index is 4.84. The molecule has 0 fully saturated rings. The fraction of sp³-hybridized carbons (Fsp3) is 0.300. The molecule has 0 unspecified atom stereocenters. The lowest BCUT2D eigenvalue weighted by atomic mass is 10.1. The lowest BCUT2D eigenvalue weighted by molar-refractivity contribution is 0.486. The molecule has 0 radical (unpaired) electrons. The quantitative estimate of drug-likeness (QED) is 0.540. The van der Waals surface area contributed by atoms with Crippen molar-refractivity contribution < 1.29 is 0 Å². The molecule has 3 rings (SSSR count). The highest BCUT2D eigenvalue weighted by Crippen LogP contribution is 2.17. The van der Waals surface area contributed by atoms with Crippen LogP contribution in [0.15, 0.2) is 59.0 Å². The Labute approximate surface area is 153 Å². The number of rotatable bonds is 6. The highest BCUT2D eigenvalue weighted by Gasteiger charge is 2.07. The minimum atomic E-state index is 0.648. The zero-order valence-electron chi connectivity index (χ0n) is 14.8. The number of thiophene rings is 1. The van der Waals surface area contributed by atoms with E-state index in [0.717, 1.165) is 31.0 Å². The number of nitrogens with zero attached hydrogens (tertiary/aromatic N) is 3. The third-order valence-corrected chi connectivity index (χ3v) is 5.04. The molecular formula is C20H24N4S. The third kappa shape index (κ3) is 4.57. The lowest BCUT2D eigenvalue weighted by Gasteiger charge is -2.22. The molecule has 0 spiro atoms. The van der Waals surface area contributed by atoms with Crippen molar-refractivity contribution >= 4 is 28.2 Å². The number of aromatic nitrogens is 1. The van der Waals surface area contributed by atoms with Crippen LogP contribution in [0, 0.1) is 0 Å². The molecular weight excluding hydrogens is 328 g/mol. The van der Waals surface area contributed by atoms with Gasteiger partial charge in [-0.1, -0.05) is 24.3 Å². The van der Waals surface area contributed by atoms with Gasteiger partial charge in [-0.05, 0) is 42.5 Å². The summed E-state index contributed by atoms with van der Waals surface area (Å²) in [5.74, 6) is 0.944. The molecule has 0 bridgehead atoms. The molecule has 0 amide bonds. The van der Waals surface area contributed by atoms with E-state index in [0.29, 0.717) is 6.54 Å². The maximum atomic E-state index is 4.84. The molecule has 2 heterocycles. The lowest BCUT2D eigenvalue weighted by Crippen LogP contribution is -2.39. The second-order valence-electron chi connectivity index (χ2n) is 5.91. The molecule has 4 nitrogen and oxygen atoms in total. The van der Waals surface area contributed by atoms with Crippen molar-refractivity contribution in [2.75, 3.05) is 20.1 Å². The summed E-state index contributed by atoms with van der Waals surface area (Å²) in [6.45, 7) is 4.56. The number of fused-ring (bicyclic) bond motifs is 1. The van der Waals surface area contributed by atoms with E-state index in [1.807, 2.05) is 29.7 Å². The first-order valence-corrected chi connectivity index (χ1v) is 9.50. The SMILES string of the molecule is CCNC(=NCc1ccnc2ccccc12)N(C)CCc1cccs1. The first kappa shape index (κ1) is 17.4. The summed E-state index contributed by atoms with van der Waals surface area (Å²) >= 11 is 1.81. The average molecular weight is 353 g/mol. The van der Waals surface area contributed by atoms with Crippen molar-refractivity contribution in [2.24, 2.45) is 4.99 Å². The van der Waals surface area contributed by atoms with Crippen molar-refractivity contribution in [3.63, 3.8) is 0 Å². The van der Waals surface area contributed by atoms with Crippen molar-refractivity contribution in [2.45, 2.75) is 19.9 Å². The van der Waals surface area contributed by atoms with Gasteiger partial charge < -0.3 is 10.2 Å². The summed E-state index contributed by atoms with van der Waals surface area (Å²) in [7, 11) is 2.10. The fourth-order valence-corrected chi connectivity index (χ4v) is 3.46. The maximum Gasteiger partial charge on any atom is 0.193 e. The van der Waals surface area contributed by atoms with Gasteiger partial charge in [-0.25, -0.2) is 4.99 Å². The predicted octanol–water partition coefficient (Wildman–Crippen LogP) is 3.94. The molecule has 3 aromatic rings. The van der Waals surface area contributed by atoms with Crippen molar-refractivity contribution in [1.29, 1.82) is 0 Å². The Kier molecular flexibility index (Phi) is 6.01. The number of aliphatic imine (C=N–C) groups is 1. The molecule has 1 aromatic carbocycles. The second kappa shape index (κ2) is 8.62. The third-order valence-electron chi connectivity index (χ3n) is 4.11. The molecule has 1 N–H and O–H groups in total. The van der Waals surface area contributed by atoms with Crippen LogP contribution in [0.3, 0.4) is 0 Å². The number of para-hydroxylation sites is 1. The van der Waals surface area contributed by atoms with E-state index in [1.54, 1.807) is 0 Å². The zero-order chi connectivity index (χ0) is 17.5. The summed E-state index contributed by atoms with van der Waals surface area (Å²) in [5, 5.41) is 6.69. The van der Waals surface area contributed by atoms with E-state index in [1.165, 1.54) is 15.8 Å². The molecule has 0 saturated heterocycles. The van der Waals surface area contributed by atoms with Crippen LogP contribution in [-0.2, 0) is 13.0 Å². The van der Waals surface area contributed by atoms with Crippen LogP contribution >= 0.6 is 11.3 Å². The molecule has 25 heavy (non-hydrogen) atoms. The topological polar surface area (TPSA) is 40.5 Å². The van der Waals surface area contributed by atoms with Gasteiger partial charge in [0.05, 0.1) is 12.1 Å². The van der Waals surface area contributed by atoms with E-state index >= 15 is 0 Å². The largest absolute Gasteiger partial charge is 0.357 e. The second-order valence-corrected chi connectivity index (χ2v) is 6.94. The first-order valence-electron chi connectivity index (χ1n) is 8.62. The van der Waals surface area contributed by atoms with Crippen LogP contribution in [0.2, 0.25) is 0 Å². The molecule has 5 heteroatoms. The summed E-state index contributed by atoms with van der Waals surface area (Å²) in [4.78, 5) is 12.9. The Hall–Kier alpha value is -2.40. The number of hydrogen-bond donors (Lipinski definition) is 1. The Balaban J connectivity index is 1.72. The van der Waals surface area contributed by atoms with E-state index in [2.05, 4.69) is 64.9 Å². The molecule has 0 saturated carbocycles. The number of pyridine rings is 1. The normalized spacial score (nSPS) is 11.7. The van der Waals surface area contributed by atoms with Gasteiger partial charge >= 0.3 is 0 Å². The van der Waals surface area contributed by atoms with Crippen LogP contribution in [0.5, 0.6) is 0 Å². The van der Waals surface area contributed by atoms with Crippen LogP contribution in [-0.4, -0.2) is 36.0 Å². The molecule has 130 valence electrons. The Morgan fingerprint density at radius 3 is 2.88 bits per heavy atom. The molecule has 2 aromatic heterocycles. The number of guanidine groups is 1. The van der Waals surface area contributed by atoms with E-state index in [9.17, 15) is 0 Å². The summed E-state index contributed by atoms with van der Waals surface area (Å²) < 4.78 is 0. The van der Waals surface area contributed by atoms with E-state index < -0.39 is 0 Å². The fourth-order valence-electron chi connectivity index (χ4n) is 2.76. The van der Waals surface area contributed by atoms with Gasteiger partial charge in [0.2, 0.25) is 0 Å². The van der Waals surface area contributed by atoms with Crippen LogP contribution in [0.1, 0.15) is 17.4 Å². The molecule has 0 aliphatic carbocycles. The van der Waals surface area contributed by atoms with Gasteiger partial charge in [0.15, 0.2) is 5.96 Å². The van der Waals surface area contributed by atoms with Crippen molar-refractivity contribution in [3.8, 4) is 0 Å². The van der Waals surface area contributed by atoms with Gasteiger partial charge in [0.25, 0.3) is 0 Å². The molecule has 0 aliphatic heterocycles. The summed E-state index contributed by atoms with van der Waals surface area (Å²) in [6, 6.07) is 14.6. The van der Waals surface area contributed by atoms with Gasteiger partial charge in [-0.15, -0.1) is 11.3 Å². The number of nitrogens with one attached hydrogen (secondary N) is 1. The average Bonchev–Trinajstić information content (AvgIpc) is 3.16. The van der Waals surface area contributed by atoms with E-state index in [4.69, 9.17) is 4.99 Å². The number of benzene rings is 1. The van der Waals surface area contributed by atoms with Gasteiger partial charge in [-0.2, -0.15) is 0 Å². The van der Waals surface area contributed by atoms with Crippen LogP contribution < -0.4 is 5.32 Å². The van der Waals surface area contributed by atoms with Gasteiger partial charge in [-0.3, -0.25) is 4.98 Å². The van der Waals surface area contributed by atoms with Crippen molar-refractivity contribution in [1.82, 2.24) is 15.2 Å². The Morgan fingerprint density at radius 1 is 1.20 bits per heavy atom. The minimum Gasteiger partial charge on any atom is -0.357 e. The predicted molar refractivity (Wildman–Crippen MR) is 107 cm³/mol. The highest BCUT2D eigenvalue weighted by atomic mass is 32.1. The Morgan fingerprint density at radius 2 is 2.08 bits per heavy atom. The summed E-state index contributed by atoms with van der Waals surface area (Å²) in [6.07, 6.45) is 2.90. The zero-order valence-corrected chi connectivity index (χ0v) is 15.6. The minimum absolute atomic E-state index is 0.648. The monoisotopic (exact) mass is 352 g/mol.